The van der Waals surface area contributed by atoms with Crippen molar-refractivity contribution in [2.24, 2.45) is 0 Å². The van der Waals surface area contributed by atoms with Gasteiger partial charge in [-0.15, -0.1) is 0 Å². The highest BCUT2D eigenvalue weighted by Gasteiger charge is 2.12. The summed E-state index contributed by atoms with van der Waals surface area (Å²) in [7, 11) is 0. The van der Waals surface area contributed by atoms with Gasteiger partial charge in [-0.2, -0.15) is 0 Å². The van der Waals surface area contributed by atoms with Crippen molar-refractivity contribution in [3.05, 3.63) is 57.9 Å². The maximum absolute atomic E-state index is 12.3. The molecule has 0 atom stereocenters. The molecule has 2 aromatic carbocycles. The van der Waals surface area contributed by atoms with Gasteiger partial charge in [0.1, 0.15) is 5.52 Å². The Balaban J connectivity index is 1.87. The molecule has 0 aliphatic rings. The molecule has 1 amide bonds. The Hall–Kier alpha value is -2.04. The fourth-order valence-electron chi connectivity index (χ4n) is 2.16. The van der Waals surface area contributed by atoms with Gasteiger partial charge in [-0.05, 0) is 30.3 Å². The minimum atomic E-state index is -0.294. The lowest BCUT2D eigenvalue weighted by Gasteiger charge is -2.06. The van der Waals surface area contributed by atoms with Crippen molar-refractivity contribution in [2.75, 3.05) is 5.32 Å². The Morgan fingerprint density at radius 2 is 1.83 bits per heavy atom. The number of hydrogen-bond donors (Lipinski definition) is 1. The zero-order chi connectivity index (χ0) is 16.6. The molecule has 0 unspecified atom stereocenters. The predicted molar refractivity (Wildman–Crippen MR) is 92.5 cm³/mol. The number of anilines is 1. The van der Waals surface area contributed by atoms with Gasteiger partial charge >= 0.3 is 0 Å². The topological polar surface area (TPSA) is 55.1 Å². The number of aromatic nitrogens is 1. The van der Waals surface area contributed by atoms with Crippen LogP contribution in [-0.4, -0.2) is 10.9 Å². The summed E-state index contributed by atoms with van der Waals surface area (Å²) in [5.41, 5.74) is 2.40. The Bertz CT molecular complexity index is 867. The van der Waals surface area contributed by atoms with E-state index in [0.29, 0.717) is 32.8 Å². The van der Waals surface area contributed by atoms with Crippen LogP contribution in [0.4, 0.5) is 5.69 Å². The number of amides is 1. The minimum absolute atomic E-state index is 0.203. The number of oxazole rings is 1. The molecule has 4 nitrogen and oxygen atoms in total. The lowest BCUT2D eigenvalue weighted by atomic mass is 10.2. The second-order valence-electron chi connectivity index (χ2n) is 5.50. The molecule has 0 fully saturated rings. The van der Waals surface area contributed by atoms with Gasteiger partial charge in [0.15, 0.2) is 11.5 Å². The van der Waals surface area contributed by atoms with Gasteiger partial charge in [0.05, 0.1) is 0 Å². The number of hydrogen-bond acceptors (Lipinski definition) is 3. The number of halogens is 2. The van der Waals surface area contributed by atoms with Crippen molar-refractivity contribution < 1.29 is 9.21 Å². The van der Waals surface area contributed by atoms with Crippen LogP contribution in [0.1, 0.15) is 36.0 Å². The van der Waals surface area contributed by atoms with E-state index in [1.807, 2.05) is 19.9 Å². The fourth-order valence-corrected chi connectivity index (χ4v) is 2.68. The average molecular weight is 349 g/mol. The fraction of sp³-hybridized carbons (Fsp3) is 0.176. The molecule has 6 heteroatoms. The largest absolute Gasteiger partial charge is 0.440 e. The third-order valence-corrected chi connectivity index (χ3v) is 3.72. The molecule has 0 bridgehead atoms. The number of fused-ring (bicyclic) bond motifs is 1. The summed E-state index contributed by atoms with van der Waals surface area (Å²) >= 11 is 11.8. The van der Waals surface area contributed by atoms with Crippen LogP contribution < -0.4 is 5.32 Å². The van der Waals surface area contributed by atoms with E-state index in [1.54, 1.807) is 30.3 Å². The second-order valence-corrected chi connectivity index (χ2v) is 6.37. The van der Waals surface area contributed by atoms with Gasteiger partial charge in [0.25, 0.3) is 5.91 Å². The van der Waals surface area contributed by atoms with Crippen LogP contribution in [0.3, 0.4) is 0 Å². The van der Waals surface area contributed by atoms with E-state index in [-0.39, 0.29) is 11.8 Å². The molecule has 1 N–H and O–H groups in total. The molecule has 1 heterocycles. The minimum Gasteiger partial charge on any atom is -0.440 e. The summed E-state index contributed by atoms with van der Waals surface area (Å²) in [6.45, 7) is 4.02. The Kier molecular flexibility index (Phi) is 4.28. The Morgan fingerprint density at radius 1 is 1.13 bits per heavy atom. The lowest BCUT2D eigenvalue weighted by Crippen LogP contribution is -2.11. The quantitative estimate of drug-likeness (QED) is 0.678. The maximum Gasteiger partial charge on any atom is 0.255 e. The summed E-state index contributed by atoms with van der Waals surface area (Å²) in [6, 6.07) is 10.0. The first-order valence-electron chi connectivity index (χ1n) is 7.10. The second kappa shape index (κ2) is 6.22. The number of carbonyl (C=O) groups is 1. The molecule has 1 aromatic heterocycles. The summed E-state index contributed by atoms with van der Waals surface area (Å²) in [5, 5.41) is 3.62. The van der Waals surface area contributed by atoms with Gasteiger partial charge < -0.3 is 9.73 Å². The monoisotopic (exact) mass is 348 g/mol. The number of benzene rings is 2. The van der Waals surface area contributed by atoms with E-state index in [1.165, 1.54) is 0 Å². The molecule has 3 aromatic rings. The van der Waals surface area contributed by atoms with Gasteiger partial charge in [-0.3, -0.25) is 4.79 Å². The van der Waals surface area contributed by atoms with E-state index >= 15 is 0 Å². The zero-order valence-corrected chi connectivity index (χ0v) is 14.1. The standard InChI is InChI=1S/C17H14Cl2N2O2/c1-9(2)17-21-14-4-3-13(8-15(14)23-17)20-16(22)10-5-11(18)7-12(19)6-10/h3-9H,1-2H3,(H,20,22). The van der Waals surface area contributed by atoms with Crippen LogP contribution >= 0.6 is 23.2 Å². The average Bonchev–Trinajstić information content (AvgIpc) is 2.89. The molecule has 0 aliphatic heterocycles. The third kappa shape index (κ3) is 3.49. The smallest absolute Gasteiger partial charge is 0.255 e. The molecule has 0 spiro atoms. The lowest BCUT2D eigenvalue weighted by molar-refractivity contribution is 0.102. The molecular weight excluding hydrogens is 335 g/mol. The third-order valence-electron chi connectivity index (χ3n) is 3.28. The van der Waals surface area contributed by atoms with E-state index in [4.69, 9.17) is 27.6 Å². The van der Waals surface area contributed by atoms with Crippen molar-refractivity contribution in [3.8, 4) is 0 Å². The molecule has 0 aliphatic carbocycles. The number of nitrogens with one attached hydrogen (secondary N) is 1. The van der Waals surface area contributed by atoms with Crippen molar-refractivity contribution in [2.45, 2.75) is 19.8 Å². The van der Waals surface area contributed by atoms with Gasteiger partial charge in [0, 0.05) is 33.3 Å². The zero-order valence-electron chi connectivity index (χ0n) is 12.6. The van der Waals surface area contributed by atoms with E-state index < -0.39 is 0 Å². The summed E-state index contributed by atoms with van der Waals surface area (Å²) < 4.78 is 5.69. The van der Waals surface area contributed by atoms with Crippen LogP contribution in [0.5, 0.6) is 0 Å². The van der Waals surface area contributed by atoms with Gasteiger partial charge in [0.2, 0.25) is 0 Å². The molecular formula is C17H14Cl2N2O2. The van der Waals surface area contributed by atoms with Crippen LogP contribution in [0.2, 0.25) is 10.0 Å². The van der Waals surface area contributed by atoms with E-state index in [2.05, 4.69) is 10.3 Å². The normalized spacial score (nSPS) is 11.2. The Labute approximate surface area is 143 Å². The highest BCUT2D eigenvalue weighted by molar-refractivity contribution is 6.35. The molecule has 118 valence electrons. The first-order valence-corrected chi connectivity index (χ1v) is 7.86. The van der Waals surface area contributed by atoms with Crippen LogP contribution in [0, 0.1) is 0 Å². The molecule has 0 saturated heterocycles. The van der Waals surface area contributed by atoms with Crippen LogP contribution in [0.15, 0.2) is 40.8 Å². The molecule has 0 radical (unpaired) electrons. The molecule has 0 saturated carbocycles. The van der Waals surface area contributed by atoms with Crippen molar-refractivity contribution in [1.29, 1.82) is 0 Å². The van der Waals surface area contributed by atoms with E-state index in [9.17, 15) is 4.79 Å². The van der Waals surface area contributed by atoms with Crippen LogP contribution in [0.25, 0.3) is 11.1 Å². The van der Waals surface area contributed by atoms with E-state index in [0.717, 1.165) is 5.52 Å². The summed E-state index contributed by atoms with van der Waals surface area (Å²) in [4.78, 5) is 16.7. The van der Waals surface area contributed by atoms with Crippen molar-refractivity contribution in [3.63, 3.8) is 0 Å². The highest BCUT2D eigenvalue weighted by Crippen LogP contribution is 2.25. The predicted octanol–water partition coefficient (Wildman–Crippen LogP) is 5.51. The van der Waals surface area contributed by atoms with Gasteiger partial charge in [-0.1, -0.05) is 37.0 Å². The number of rotatable bonds is 3. The molecule has 3 rings (SSSR count). The summed E-state index contributed by atoms with van der Waals surface area (Å²) in [5.74, 6) is 0.580. The van der Waals surface area contributed by atoms with Gasteiger partial charge in [-0.25, -0.2) is 4.98 Å². The first kappa shape index (κ1) is 15.8. The maximum atomic E-state index is 12.3. The van der Waals surface area contributed by atoms with Crippen molar-refractivity contribution in [1.82, 2.24) is 4.98 Å². The SMILES string of the molecule is CC(C)c1nc2ccc(NC(=O)c3cc(Cl)cc(Cl)c3)cc2o1. The number of nitrogens with zero attached hydrogens (tertiary/aromatic N) is 1. The molecule has 23 heavy (non-hydrogen) atoms. The Morgan fingerprint density at radius 3 is 2.48 bits per heavy atom. The highest BCUT2D eigenvalue weighted by atomic mass is 35.5. The first-order chi connectivity index (χ1) is 10.9. The van der Waals surface area contributed by atoms with Crippen molar-refractivity contribution >= 4 is 45.9 Å². The summed E-state index contributed by atoms with van der Waals surface area (Å²) in [6.07, 6.45) is 0. The van der Waals surface area contributed by atoms with Crippen LogP contribution in [-0.2, 0) is 0 Å². The number of carbonyl (C=O) groups excluding carboxylic acids is 1.